The van der Waals surface area contributed by atoms with Crippen molar-refractivity contribution < 1.29 is 28.9 Å². The first-order chi connectivity index (χ1) is 16.4. The van der Waals surface area contributed by atoms with E-state index < -0.39 is 23.7 Å². The van der Waals surface area contributed by atoms with Gasteiger partial charge in [0.2, 0.25) is 5.88 Å². The highest BCUT2D eigenvalue weighted by Gasteiger charge is 2.22. The van der Waals surface area contributed by atoms with Crippen LogP contribution in [0.4, 0.5) is 4.39 Å². The van der Waals surface area contributed by atoms with Gasteiger partial charge in [-0.2, -0.15) is 5.10 Å². The van der Waals surface area contributed by atoms with Gasteiger partial charge in [0.25, 0.3) is 5.91 Å². The van der Waals surface area contributed by atoms with E-state index in [0.717, 1.165) is 10.7 Å². The predicted molar refractivity (Wildman–Crippen MR) is 121 cm³/mol. The van der Waals surface area contributed by atoms with Crippen LogP contribution >= 0.6 is 0 Å². The lowest BCUT2D eigenvalue weighted by molar-refractivity contribution is -0.137. The first-order valence-electron chi connectivity index (χ1n) is 10.3. The Morgan fingerprint density at radius 3 is 2.26 bits per heavy atom. The number of aliphatic carboxylic acids is 1. The molecule has 1 amide bonds. The van der Waals surface area contributed by atoms with E-state index in [1.165, 1.54) is 24.3 Å². The molecule has 0 aliphatic carbocycles. The smallest absolute Gasteiger partial charge is 0.305 e. The number of nitrogens with zero attached hydrogens (tertiary/aromatic N) is 2. The van der Waals surface area contributed by atoms with Crippen molar-refractivity contribution in [3.63, 3.8) is 0 Å². The molecule has 0 saturated heterocycles. The predicted octanol–water partition coefficient (Wildman–Crippen LogP) is 4.46. The minimum absolute atomic E-state index is 0.124. The molecule has 8 nitrogen and oxygen atoms in total. The second-order valence-electron chi connectivity index (χ2n) is 7.38. The third kappa shape index (κ3) is 5.39. The maximum absolute atomic E-state index is 13.2. The van der Waals surface area contributed by atoms with E-state index in [0.29, 0.717) is 22.7 Å². The SMILES string of the molecule is O=C(O)CC(NC(=O)c1cc(O)n(-c2ccc(F)cc2)n1)c1ccc(Oc2ccccc2)cc1. The molecule has 172 valence electrons. The first-order valence-corrected chi connectivity index (χ1v) is 10.3. The highest BCUT2D eigenvalue weighted by Crippen LogP contribution is 2.25. The molecule has 4 rings (SSSR count). The number of hydrogen-bond donors (Lipinski definition) is 3. The Bertz CT molecular complexity index is 1290. The molecule has 9 heteroatoms. The highest BCUT2D eigenvalue weighted by atomic mass is 19.1. The molecule has 0 fully saturated rings. The molecular weight excluding hydrogens is 441 g/mol. The van der Waals surface area contributed by atoms with Gasteiger partial charge in [-0.05, 0) is 54.1 Å². The van der Waals surface area contributed by atoms with Crippen LogP contribution in [0.15, 0.2) is 84.9 Å². The summed E-state index contributed by atoms with van der Waals surface area (Å²) in [4.78, 5) is 24.2. The number of halogens is 1. The van der Waals surface area contributed by atoms with Gasteiger partial charge in [-0.15, -0.1) is 0 Å². The number of rotatable bonds is 8. The number of aromatic hydroxyl groups is 1. The number of para-hydroxylation sites is 1. The Morgan fingerprint density at radius 2 is 1.62 bits per heavy atom. The molecular formula is C25H20FN3O5. The molecule has 4 aromatic rings. The number of carboxylic acid groups (broad SMARTS) is 1. The number of carbonyl (C=O) groups excluding carboxylic acids is 1. The number of amides is 1. The van der Waals surface area contributed by atoms with Gasteiger partial charge >= 0.3 is 5.97 Å². The van der Waals surface area contributed by atoms with Crippen molar-refractivity contribution >= 4 is 11.9 Å². The third-order valence-corrected chi connectivity index (χ3v) is 4.94. The molecule has 1 atom stereocenters. The number of hydrogen-bond acceptors (Lipinski definition) is 5. The van der Waals surface area contributed by atoms with Crippen LogP contribution in [0, 0.1) is 5.82 Å². The van der Waals surface area contributed by atoms with Gasteiger partial charge in [0, 0.05) is 6.07 Å². The summed E-state index contributed by atoms with van der Waals surface area (Å²) in [6.07, 6.45) is -0.366. The summed E-state index contributed by atoms with van der Waals surface area (Å²) < 4.78 is 20.0. The highest BCUT2D eigenvalue weighted by molar-refractivity contribution is 5.93. The summed E-state index contributed by atoms with van der Waals surface area (Å²) in [5, 5.41) is 26.2. The Kier molecular flexibility index (Phi) is 6.54. The van der Waals surface area contributed by atoms with E-state index in [1.807, 2.05) is 30.3 Å². The van der Waals surface area contributed by atoms with Crippen LogP contribution in [0.25, 0.3) is 5.69 Å². The van der Waals surface area contributed by atoms with Crippen molar-refractivity contribution in [2.24, 2.45) is 0 Å². The number of aromatic nitrogens is 2. The third-order valence-electron chi connectivity index (χ3n) is 4.94. The molecule has 0 aliphatic rings. The molecule has 0 aliphatic heterocycles. The van der Waals surface area contributed by atoms with Crippen LogP contribution < -0.4 is 10.1 Å². The quantitative estimate of drug-likeness (QED) is 0.357. The van der Waals surface area contributed by atoms with Gasteiger partial charge in [0.05, 0.1) is 18.2 Å². The summed E-state index contributed by atoms with van der Waals surface area (Å²) in [5.41, 5.74) is 0.786. The second kappa shape index (κ2) is 9.86. The van der Waals surface area contributed by atoms with Crippen molar-refractivity contribution in [1.82, 2.24) is 15.1 Å². The minimum atomic E-state index is -1.10. The van der Waals surface area contributed by atoms with E-state index >= 15 is 0 Å². The van der Waals surface area contributed by atoms with Crippen LogP contribution in [0.5, 0.6) is 17.4 Å². The molecule has 0 radical (unpaired) electrons. The molecule has 0 saturated carbocycles. The van der Waals surface area contributed by atoms with Crippen LogP contribution in [-0.4, -0.2) is 31.9 Å². The van der Waals surface area contributed by atoms with Crippen molar-refractivity contribution in [3.8, 4) is 23.1 Å². The Labute approximate surface area is 193 Å². The van der Waals surface area contributed by atoms with E-state index in [1.54, 1.807) is 24.3 Å². The fraction of sp³-hybridized carbons (Fsp3) is 0.0800. The number of carbonyl (C=O) groups is 2. The van der Waals surface area contributed by atoms with E-state index in [4.69, 9.17) is 4.74 Å². The molecule has 0 spiro atoms. The van der Waals surface area contributed by atoms with E-state index in [-0.39, 0.29) is 18.0 Å². The molecule has 0 bridgehead atoms. The second-order valence-corrected chi connectivity index (χ2v) is 7.38. The van der Waals surface area contributed by atoms with Crippen molar-refractivity contribution in [2.75, 3.05) is 0 Å². The standard InChI is InChI=1S/C25H20FN3O5/c26-17-8-10-18(11-9-17)29-23(30)14-22(28-29)25(33)27-21(15-24(31)32)16-6-12-20(13-7-16)34-19-4-2-1-3-5-19/h1-14,21,30H,15H2,(H,27,33)(H,31,32). The number of carboxylic acids is 1. The fourth-order valence-corrected chi connectivity index (χ4v) is 3.31. The normalized spacial score (nSPS) is 11.6. The van der Waals surface area contributed by atoms with Gasteiger partial charge in [-0.25, -0.2) is 9.07 Å². The average molecular weight is 461 g/mol. The summed E-state index contributed by atoms with van der Waals surface area (Å²) >= 11 is 0. The molecule has 34 heavy (non-hydrogen) atoms. The van der Waals surface area contributed by atoms with Gasteiger partial charge < -0.3 is 20.3 Å². The first kappa shape index (κ1) is 22.5. The lowest BCUT2D eigenvalue weighted by Crippen LogP contribution is -2.30. The summed E-state index contributed by atoms with van der Waals surface area (Å²) in [6.45, 7) is 0. The van der Waals surface area contributed by atoms with Crippen LogP contribution in [0.2, 0.25) is 0 Å². The van der Waals surface area contributed by atoms with Gasteiger partial charge in [0.1, 0.15) is 17.3 Å². The zero-order valence-electron chi connectivity index (χ0n) is 17.8. The van der Waals surface area contributed by atoms with E-state index in [2.05, 4.69) is 10.4 Å². The van der Waals surface area contributed by atoms with Crippen LogP contribution in [-0.2, 0) is 4.79 Å². The average Bonchev–Trinajstić information content (AvgIpc) is 3.22. The Hall–Kier alpha value is -4.66. The molecule has 1 heterocycles. The topological polar surface area (TPSA) is 114 Å². The summed E-state index contributed by atoms with van der Waals surface area (Å²) in [6, 6.07) is 21.4. The van der Waals surface area contributed by atoms with Crippen LogP contribution in [0.1, 0.15) is 28.5 Å². The Morgan fingerprint density at radius 1 is 0.971 bits per heavy atom. The van der Waals surface area contributed by atoms with Crippen molar-refractivity contribution in [2.45, 2.75) is 12.5 Å². The molecule has 1 aromatic heterocycles. The monoisotopic (exact) mass is 461 g/mol. The van der Waals surface area contributed by atoms with Gasteiger partial charge in [0.15, 0.2) is 5.69 Å². The molecule has 3 aromatic carbocycles. The Balaban J connectivity index is 1.51. The zero-order chi connectivity index (χ0) is 24.1. The zero-order valence-corrected chi connectivity index (χ0v) is 17.8. The summed E-state index contributed by atoms with van der Waals surface area (Å²) in [7, 11) is 0. The minimum Gasteiger partial charge on any atom is -0.493 e. The number of nitrogens with one attached hydrogen (secondary N) is 1. The van der Waals surface area contributed by atoms with E-state index in [9.17, 15) is 24.2 Å². The fourth-order valence-electron chi connectivity index (χ4n) is 3.31. The maximum Gasteiger partial charge on any atom is 0.305 e. The van der Waals surface area contributed by atoms with Crippen LogP contribution in [0.3, 0.4) is 0 Å². The molecule has 1 unspecified atom stereocenters. The lowest BCUT2D eigenvalue weighted by Gasteiger charge is -2.17. The lowest BCUT2D eigenvalue weighted by atomic mass is 10.0. The largest absolute Gasteiger partial charge is 0.493 e. The molecule has 3 N–H and O–H groups in total. The van der Waals surface area contributed by atoms with Crippen molar-refractivity contribution in [3.05, 3.63) is 102 Å². The number of ether oxygens (including phenoxy) is 1. The summed E-state index contributed by atoms with van der Waals surface area (Å²) in [5.74, 6) is -1.35. The van der Waals surface area contributed by atoms with Gasteiger partial charge in [-0.1, -0.05) is 30.3 Å². The van der Waals surface area contributed by atoms with Crippen molar-refractivity contribution in [1.29, 1.82) is 0 Å². The maximum atomic E-state index is 13.2. The van der Waals surface area contributed by atoms with Gasteiger partial charge in [-0.3, -0.25) is 9.59 Å². The number of benzene rings is 3.